The highest BCUT2D eigenvalue weighted by Gasteiger charge is 2.24. The number of hydrogen-bond acceptors (Lipinski definition) is 4. The molecule has 5 heteroatoms. The quantitative estimate of drug-likeness (QED) is 0.900. The van der Waals surface area contributed by atoms with E-state index in [1.54, 1.807) is 0 Å². The lowest BCUT2D eigenvalue weighted by Crippen LogP contribution is -2.42. The van der Waals surface area contributed by atoms with E-state index in [0.29, 0.717) is 0 Å². The first-order chi connectivity index (χ1) is 8.65. The summed E-state index contributed by atoms with van der Waals surface area (Å²) in [6.07, 6.45) is 2.11. The second-order valence-corrected chi connectivity index (χ2v) is 5.75. The first-order valence-corrected chi connectivity index (χ1v) is 7.26. The largest absolute Gasteiger partial charge is 0.481 e. The third-order valence-corrected chi connectivity index (χ3v) is 4.21. The van der Waals surface area contributed by atoms with Crippen molar-refractivity contribution in [2.45, 2.75) is 25.9 Å². The van der Waals surface area contributed by atoms with Gasteiger partial charge in [-0.3, -0.25) is 14.7 Å². The molecule has 1 aromatic heterocycles. The van der Waals surface area contributed by atoms with Crippen LogP contribution >= 0.6 is 11.8 Å². The summed E-state index contributed by atoms with van der Waals surface area (Å²) in [5.74, 6) is 1.27. The lowest BCUT2D eigenvalue weighted by atomic mass is 10.1. The Morgan fingerprint density at radius 1 is 1.61 bits per heavy atom. The van der Waals surface area contributed by atoms with Gasteiger partial charge in [0, 0.05) is 42.5 Å². The van der Waals surface area contributed by atoms with E-state index in [1.807, 2.05) is 30.9 Å². The van der Waals surface area contributed by atoms with E-state index >= 15 is 0 Å². The van der Waals surface area contributed by atoms with Crippen molar-refractivity contribution in [3.05, 3.63) is 29.6 Å². The number of hydrogen-bond donors (Lipinski definition) is 1. The van der Waals surface area contributed by atoms with Gasteiger partial charge in [-0.15, -0.1) is 0 Å². The van der Waals surface area contributed by atoms with Crippen LogP contribution in [0.5, 0.6) is 0 Å². The van der Waals surface area contributed by atoms with Gasteiger partial charge < -0.3 is 5.11 Å². The Morgan fingerprint density at radius 2 is 2.44 bits per heavy atom. The monoisotopic (exact) mass is 266 g/mol. The summed E-state index contributed by atoms with van der Waals surface area (Å²) in [5, 5.41) is 8.94. The van der Waals surface area contributed by atoms with E-state index in [-0.39, 0.29) is 12.5 Å². The third-order valence-electron chi connectivity index (χ3n) is 3.12. The average molecular weight is 266 g/mol. The minimum absolute atomic E-state index is 0.141. The van der Waals surface area contributed by atoms with E-state index in [4.69, 9.17) is 5.11 Å². The predicted molar refractivity (Wildman–Crippen MR) is 72.7 cm³/mol. The van der Waals surface area contributed by atoms with Crippen molar-refractivity contribution in [1.82, 2.24) is 9.88 Å². The minimum Gasteiger partial charge on any atom is -0.481 e. The molecular formula is C13H18N2O2S. The first kappa shape index (κ1) is 13.4. The van der Waals surface area contributed by atoms with Crippen LogP contribution in [0.25, 0.3) is 0 Å². The number of rotatable bonds is 4. The maximum Gasteiger partial charge on any atom is 0.304 e. The molecule has 2 heterocycles. The molecule has 18 heavy (non-hydrogen) atoms. The van der Waals surface area contributed by atoms with Crippen molar-refractivity contribution >= 4 is 17.7 Å². The number of aryl methyl sites for hydroxylation is 1. The number of pyridine rings is 1. The van der Waals surface area contributed by atoms with Crippen molar-refractivity contribution < 1.29 is 9.90 Å². The maximum atomic E-state index is 10.9. The molecule has 1 atom stereocenters. The topological polar surface area (TPSA) is 53.4 Å². The molecule has 98 valence electrons. The highest BCUT2D eigenvalue weighted by atomic mass is 32.2. The van der Waals surface area contributed by atoms with Crippen LogP contribution in [0.1, 0.15) is 17.7 Å². The molecule has 1 aromatic rings. The van der Waals surface area contributed by atoms with Crippen LogP contribution in [0.2, 0.25) is 0 Å². The van der Waals surface area contributed by atoms with Crippen molar-refractivity contribution in [1.29, 1.82) is 0 Å². The van der Waals surface area contributed by atoms with E-state index in [1.165, 1.54) is 0 Å². The molecule has 1 aliphatic rings. The molecule has 0 saturated carbocycles. The highest BCUT2D eigenvalue weighted by Crippen LogP contribution is 2.21. The van der Waals surface area contributed by atoms with Crippen molar-refractivity contribution in [2.24, 2.45) is 0 Å². The fourth-order valence-electron chi connectivity index (χ4n) is 2.11. The highest BCUT2D eigenvalue weighted by molar-refractivity contribution is 7.99. The SMILES string of the molecule is Cc1ccc(CN2CCSCC2CC(=O)O)cn1. The summed E-state index contributed by atoms with van der Waals surface area (Å²) in [6.45, 7) is 3.72. The van der Waals surface area contributed by atoms with Gasteiger partial charge in [0.05, 0.1) is 6.42 Å². The van der Waals surface area contributed by atoms with Crippen LogP contribution in [0.15, 0.2) is 18.3 Å². The number of carbonyl (C=O) groups is 1. The van der Waals surface area contributed by atoms with Crippen LogP contribution < -0.4 is 0 Å². The molecule has 1 saturated heterocycles. The maximum absolute atomic E-state index is 10.9. The van der Waals surface area contributed by atoms with Gasteiger partial charge in [0.1, 0.15) is 0 Å². The first-order valence-electron chi connectivity index (χ1n) is 6.10. The van der Waals surface area contributed by atoms with E-state index in [9.17, 15) is 4.79 Å². The van der Waals surface area contributed by atoms with E-state index in [2.05, 4.69) is 16.0 Å². The van der Waals surface area contributed by atoms with Gasteiger partial charge in [-0.05, 0) is 18.6 Å². The van der Waals surface area contributed by atoms with Crippen LogP contribution in [-0.2, 0) is 11.3 Å². The number of aromatic nitrogens is 1. The van der Waals surface area contributed by atoms with Crippen molar-refractivity contribution in [3.63, 3.8) is 0 Å². The van der Waals surface area contributed by atoms with E-state index < -0.39 is 5.97 Å². The lowest BCUT2D eigenvalue weighted by Gasteiger charge is -2.34. The van der Waals surface area contributed by atoms with E-state index in [0.717, 1.165) is 35.9 Å². The zero-order valence-corrected chi connectivity index (χ0v) is 11.3. The van der Waals surface area contributed by atoms with Crippen LogP contribution in [0.3, 0.4) is 0 Å². The second-order valence-electron chi connectivity index (χ2n) is 4.60. The molecule has 0 aliphatic carbocycles. The van der Waals surface area contributed by atoms with Gasteiger partial charge in [0.25, 0.3) is 0 Å². The summed E-state index contributed by atoms with van der Waals surface area (Å²) in [6, 6.07) is 4.21. The number of carboxylic acid groups (broad SMARTS) is 1. The van der Waals surface area contributed by atoms with Crippen LogP contribution in [-0.4, -0.2) is 45.1 Å². The molecular weight excluding hydrogens is 248 g/mol. The Balaban J connectivity index is 2.00. The normalized spacial score (nSPS) is 20.8. The van der Waals surface area contributed by atoms with Gasteiger partial charge in [-0.25, -0.2) is 0 Å². The average Bonchev–Trinajstić information content (AvgIpc) is 2.34. The summed E-state index contributed by atoms with van der Waals surface area (Å²) in [7, 11) is 0. The molecule has 0 spiro atoms. The molecule has 1 aliphatic heterocycles. The molecule has 0 amide bonds. The Hall–Kier alpha value is -1.07. The summed E-state index contributed by atoms with van der Waals surface area (Å²) in [4.78, 5) is 17.4. The molecule has 0 bridgehead atoms. The second kappa shape index (κ2) is 6.20. The molecule has 2 rings (SSSR count). The predicted octanol–water partition coefficient (Wildman–Crippen LogP) is 1.78. The summed E-state index contributed by atoms with van der Waals surface area (Å²) in [5.41, 5.74) is 2.16. The zero-order chi connectivity index (χ0) is 13.0. The molecule has 1 fully saturated rings. The molecule has 1 unspecified atom stereocenters. The minimum atomic E-state index is -0.713. The van der Waals surface area contributed by atoms with Gasteiger partial charge in [0.15, 0.2) is 0 Å². The smallest absolute Gasteiger partial charge is 0.304 e. The Morgan fingerprint density at radius 3 is 3.11 bits per heavy atom. The van der Waals surface area contributed by atoms with Gasteiger partial charge in [-0.2, -0.15) is 11.8 Å². The Labute approximate surface area is 111 Å². The standard InChI is InChI=1S/C13H18N2O2S/c1-10-2-3-11(7-14-10)8-15-4-5-18-9-12(15)6-13(16)17/h2-3,7,12H,4-6,8-9H2,1H3,(H,16,17). The fraction of sp³-hybridized carbons (Fsp3) is 0.538. The number of carboxylic acids is 1. The lowest BCUT2D eigenvalue weighted by molar-refractivity contribution is -0.138. The molecule has 0 aromatic carbocycles. The molecule has 0 radical (unpaired) electrons. The Bertz CT molecular complexity index is 408. The van der Waals surface area contributed by atoms with Crippen LogP contribution in [0.4, 0.5) is 0 Å². The number of thioether (sulfide) groups is 1. The third kappa shape index (κ3) is 3.71. The Kier molecular flexibility index (Phi) is 4.60. The van der Waals surface area contributed by atoms with Gasteiger partial charge in [-0.1, -0.05) is 6.07 Å². The molecule has 4 nitrogen and oxygen atoms in total. The molecule has 1 N–H and O–H groups in total. The van der Waals surface area contributed by atoms with Gasteiger partial charge in [0.2, 0.25) is 0 Å². The van der Waals surface area contributed by atoms with Crippen molar-refractivity contribution in [3.8, 4) is 0 Å². The zero-order valence-electron chi connectivity index (χ0n) is 10.5. The fourth-order valence-corrected chi connectivity index (χ4v) is 3.24. The summed E-state index contributed by atoms with van der Waals surface area (Å²) >= 11 is 1.84. The van der Waals surface area contributed by atoms with Crippen LogP contribution in [0, 0.1) is 6.92 Å². The van der Waals surface area contributed by atoms with Gasteiger partial charge >= 0.3 is 5.97 Å². The summed E-state index contributed by atoms with van der Waals surface area (Å²) < 4.78 is 0. The van der Waals surface area contributed by atoms with Crippen molar-refractivity contribution in [2.75, 3.05) is 18.1 Å². The number of aliphatic carboxylic acids is 1. The number of nitrogens with zero attached hydrogens (tertiary/aromatic N) is 2.